The second kappa shape index (κ2) is 7.87. The van der Waals surface area contributed by atoms with Crippen molar-refractivity contribution < 1.29 is 4.74 Å². The summed E-state index contributed by atoms with van der Waals surface area (Å²) in [4.78, 5) is 4.25. The van der Waals surface area contributed by atoms with Gasteiger partial charge in [-0.1, -0.05) is 6.92 Å². The number of hydrogen-bond donors (Lipinski definition) is 1. The second-order valence-electron chi connectivity index (χ2n) is 4.88. The molecule has 2 rings (SSSR count). The van der Waals surface area contributed by atoms with Crippen molar-refractivity contribution in [2.75, 3.05) is 20.3 Å². The molecule has 0 aromatic carbocycles. The molecule has 0 fully saturated rings. The number of ether oxygens (including phenoxy) is 1. The van der Waals surface area contributed by atoms with Gasteiger partial charge in [0.05, 0.1) is 25.2 Å². The first kappa shape index (κ1) is 14.8. The lowest BCUT2D eigenvalue weighted by atomic mass is 10.3. The maximum atomic E-state index is 5.04. The summed E-state index contributed by atoms with van der Waals surface area (Å²) in [6.07, 6.45) is 7.12. The van der Waals surface area contributed by atoms with Crippen LogP contribution in [-0.4, -0.2) is 34.4 Å². The van der Waals surface area contributed by atoms with E-state index in [1.54, 1.807) is 7.11 Å². The van der Waals surface area contributed by atoms with Crippen LogP contribution in [0.1, 0.15) is 24.7 Å². The van der Waals surface area contributed by atoms with Gasteiger partial charge in [0.25, 0.3) is 0 Å². The van der Waals surface area contributed by atoms with Crippen LogP contribution in [0.2, 0.25) is 0 Å². The molecule has 0 spiro atoms. The van der Waals surface area contributed by atoms with E-state index in [9.17, 15) is 0 Å². The Morgan fingerprint density at radius 2 is 2.20 bits per heavy atom. The molecule has 2 aromatic heterocycles. The average molecular weight is 276 g/mol. The molecule has 0 amide bonds. The highest BCUT2D eigenvalue weighted by Gasteiger charge is 2.05. The first-order valence-corrected chi connectivity index (χ1v) is 7.17. The second-order valence-corrected chi connectivity index (χ2v) is 4.88. The molecule has 0 atom stereocenters. The molecule has 20 heavy (non-hydrogen) atoms. The van der Waals surface area contributed by atoms with Crippen LogP contribution in [0.15, 0.2) is 30.9 Å². The molecule has 2 heterocycles. The minimum atomic E-state index is 0.740. The summed E-state index contributed by atoms with van der Waals surface area (Å²) in [6, 6.07) is 4.24. The van der Waals surface area contributed by atoms with E-state index in [1.165, 1.54) is 11.4 Å². The van der Waals surface area contributed by atoms with Crippen molar-refractivity contribution in [2.24, 2.45) is 0 Å². The minimum absolute atomic E-state index is 0.740. The molecular weight excluding hydrogens is 252 g/mol. The number of hydrogen-bond acceptors (Lipinski definition) is 3. The number of methoxy groups -OCH3 is 1. The highest BCUT2D eigenvalue weighted by molar-refractivity contribution is 5.10. The predicted molar refractivity (Wildman–Crippen MR) is 79.6 cm³/mol. The van der Waals surface area contributed by atoms with Crippen molar-refractivity contribution in [3.05, 3.63) is 42.2 Å². The summed E-state index contributed by atoms with van der Waals surface area (Å²) in [5, 5.41) is 3.38. The highest BCUT2D eigenvalue weighted by atomic mass is 16.5. The molecule has 0 unspecified atom stereocenters. The number of nitrogens with zero attached hydrogens (tertiary/aromatic N) is 3. The zero-order chi connectivity index (χ0) is 14.2. The average Bonchev–Trinajstić information content (AvgIpc) is 3.06. The van der Waals surface area contributed by atoms with Crippen LogP contribution in [0.25, 0.3) is 0 Å². The summed E-state index contributed by atoms with van der Waals surface area (Å²) in [5.74, 6) is 0. The summed E-state index contributed by atoms with van der Waals surface area (Å²) >= 11 is 0. The molecule has 0 bridgehead atoms. The van der Waals surface area contributed by atoms with E-state index < -0.39 is 0 Å². The number of nitrogens with one attached hydrogen (secondary N) is 1. The van der Waals surface area contributed by atoms with Gasteiger partial charge in [0.1, 0.15) is 0 Å². The van der Waals surface area contributed by atoms with Crippen molar-refractivity contribution in [3.63, 3.8) is 0 Å². The Labute approximate surface area is 120 Å². The molecule has 0 saturated heterocycles. The lowest BCUT2D eigenvalue weighted by molar-refractivity contribution is 0.199. The maximum Gasteiger partial charge on any atom is 0.0948 e. The van der Waals surface area contributed by atoms with Crippen molar-refractivity contribution >= 4 is 0 Å². The van der Waals surface area contributed by atoms with Crippen LogP contribution < -0.4 is 5.32 Å². The molecule has 2 aromatic rings. The Kier molecular flexibility index (Phi) is 5.83. The van der Waals surface area contributed by atoms with Crippen LogP contribution in [0, 0.1) is 0 Å². The number of rotatable bonds is 9. The van der Waals surface area contributed by atoms with E-state index >= 15 is 0 Å². The third-order valence-corrected chi connectivity index (χ3v) is 3.31. The van der Waals surface area contributed by atoms with Gasteiger partial charge in [0.15, 0.2) is 0 Å². The lowest BCUT2D eigenvalue weighted by Gasteiger charge is -2.12. The summed E-state index contributed by atoms with van der Waals surface area (Å²) in [6.45, 7) is 6.55. The Bertz CT molecular complexity index is 503. The Hall–Kier alpha value is -1.59. The number of imidazole rings is 1. The van der Waals surface area contributed by atoms with Crippen molar-refractivity contribution in [2.45, 2.75) is 33.0 Å². The molecule has 0 aliphatic heterocycles. The van der Waals surface area contributed by atoms with E-state index in [0.29, 0.717) is 0 Å². The van der Waals surface area contributed by atoms with Gasteiger partial charge in [-0.05, 0) is 18.6 Å². The van der Waals surface area contributed by atoms with E-state index in [0.717, 1.165) is 39.2 Å². The van der Waals surface area contributed by atoms with Crippen LogP contribution >= 0.6 is 0 Å². The smallest absolute Gasteiger partial charge is 0.0948 e. The zero-order valence-electron chi connectivity index (χ0n) is 12.4. The first-order valence-electron chi connectivity index (χ1n) is 7.17. The highest BCUT2D eigenvalue weighted by Crippen LogP contribution is 2.08. The summed E-state index contributed by atoms with van der Waals surface area (Å²) < 4.78 is 9.53. The molecule has 0 saturated carbocycles. The van der Waals surface area contributed by atoms with E-state index in [4.69, 9.17) is 4.74 Å². The van der Waals surface area contributed by atoms with Crippen molar-refractivity contribution in [1.29, 1.82) is 0 Å². The van der Waals surface area contributed by atoms with E-state index in [1.807, 2.05) is 12.5 Å². The molecule has 5 heteroatoms. The van der Waals surface area contributed by atoms with Gasteiger partial charge >= 0.3 is 0 Å². The fraction of sp³-hybridized carbons (Fsp3) is 0.533. The van der Waals surface area contributed by atoms with Gasteiger partial charge in [-0.25, -0.2) is 4.98 Å². The predicted octanol–water partition coefficient (Wildman–Crippen LogP) is 1.88. The summed E-state index contributed by atoms with van der Waals surface area (Å²) in [5.41, 5.74) is 2.53. The molecule has 0 radical (unpaired) electrons. The molecule has 0 aliphatic carbocycles. The fourth-order valence-corrected chi connectivity index (χ4v) is 2.25. The van der Waals surface area contributed by atoms with Crippen molar-refractivity contribution in [3.8, 4) is 0 Å². The molecular formula is C15H24N4O. The third kappa shape index (κ3) is 3.95. The van der Waals surface area contributed by atoms with Gasteiger partial charge in [-0.3, -0.25) is 0 Å². The van der Waals surface area contributed by atoms with Crippen LogP contribution in [-0.2, 0) is 24.4 Å². The fourth-order valence-electron chi connectivity index (χ4n) is 2.25. The Balaban J connectivity index is 1.95. The Morgan fingerprint density at radius 3 is 3.00 bits per heavy atom. The monoisotopic (exact) mass is 276 g/mol. The van der Waals surface area contributed by atoms with Gasteiger partial charge < -0.3 is 19.2 Å². The molecule has 0 aliphatic rings. The minimum Gasteiger partial charge on any atom is -0.383 e. The van der Waals surface area contributed by atoms with E-state index in [-0.39, 0.29) is 0 Å². The third-order valence-electron chi connectivity index (χ3n) is 3.31. The zero-order valence-corrected chi connectivity index (χ0v) is 12.4. The van der Waals surface area contributed by atoms with Crippen LogP contribution in [0.3, 0.4) is 0 Å². The van der Waals surface area contributed by atoms with Crippen LogP contribution in [0.5, 0.6) is 0 Å². The lowest BCUT2D eigenvalue weighted by Crippen LogP contribution is -2.20. The first-order chi connectivity index (χ1) is 9.85. The molecule has 5 nitrogen and oxygen atoms in total. The molecule has 1 N–H and O–H groups in total. The largest absolute Gasteiger partial charge is 0.383 e. The van der Waals surface area contributed by atoms with Gasteiger partial charge in [-0.2, -0.15) is 0 Å². The van der Waals surface area contributed by atoms with Gasteiger partial charge in [0, 0.05) is 44.8 Å². The summed E-state index contributed by atoms with van der Waals surface area (Å²) in [7, 11) is 1.72. The van der Waals surface area contributed by atoms with Crippen molar-refractivity contribution in [1.82, 2.24) is 19.4 Å². The Morgan fingerprint density at radius 1 is 1.30 bits per heavy atom. The SMILES string of the molecule is CCCn1cncc1Cn1cccc1CNCCOC. The topological polar surface area (TPSA) is 44.0 Å². The number of aryl methyl sites for hydroxylation is 1. The molecule has 110 valence electrons. The number of aromatic nitrogens is 3. The quantitative estimate of drug-likeness (QED) is 0.711. The maximum absolute atomic E-state index is 5.04. The van der Waals surface area contributed by atoms with Crippen LogP contribution in [0.4, 0.5) is 0 Å². The normalized spacial score (nSPS) is 11.1. The van der Waals surface area contributed by atoms with Gasteiger partial charge in [-0.15, -0.1) is 0 Å². The standard InChI is InChI=1S/C15H24N4O/c1-3-7-19-13-17-11-15(19)12-18-8-4-5-14(18)10-16-6-9-20-2/h4-5,8,11,13,16H,3,6-7,9-10,12H2,1-2H3. The van der Waals surface area contributed by atoms with E-state index in [2.05, 4.69) is 44.7 Å². The van der Waals surface area contributed by atoms with Gasteiger partial charge in [0.2, 0.25) is 0 Å².